The summed E-state index contributed by atoms with van der Waals surface area (Å²) in [4.78, 5) is 31.4. The number of halogens is 1. The van der Waals surface area contributed by atoms with Gasteiger partial charge in [-0.25, -0.2) is 4.98 Å². The van der Waals surface area contributed by atoms with Crippen LogP contribution in [0.15, 0.2) is 109 Å². The number of pyridine rings is 1. The van der Waals surface area contributed by atoms with Crippen molar-refractivity contribution in [3.05, 3.63) is 148 Å². The number of hydrogen-bond donors (Lipinski definition) is 1. The van der Waals surface area contributed by atoms with Gasteiger partial charge in [-0.1, -0.05) is 96.5 Å². The van der Waals surface area contributed by atoms with Crippen molar-refractivity contribution < 1.29 is 19.4 Å². The van der Waals surface area contributed by atoms with E-state index < -0.39 is 5.97 Å². The number of amides is 1. The summed E-state index contributed by atoms with van der Waals surface area (Å²) in [6, 6.07) is 34.7. The van der Waals surface area contributed by atoms with E-state index in [0.717, 1.165) is 46.4 Å². The summed E-state index contributed by atoms with van der Waals surface area (Å²) in [5.41, 5.74) is 8.84. The highest BCUT2D eigenvalue weighted by atomic mass is 35.5. The maximum absolute atomic E-state index is 11.9. The van der Waals surface area contributed by atoms with Crippen molar-refractivity contribution in [1.29, 1.82) is 0 Å². The number of hydrogen-bond acceptors (Lipinski definition) is 7. The molecule has 10 heteroatoms. The number of benzene rings is 4. The topological polar surface area (TPSA) is 83.0 Å². The predicted octanol–water partition coefficient (Wildman–Crippen LogP) is 10.4. The lowest BCUT2D eigenvalue weighted by molar-refractivity contribution is -0.136. The first-order valence-electron chi connectivity index (χ1n) is 18.2. The van der Waals surface area contributed by atoms with Gasteiger partial charge >= 0.3 is 5.97 Å². The molecule has 2 heterocycles. The lowest BCUT2D eigenvalue weighted by atomic mass is 9.93. The fraction of sp³-hybridized carbons (Fsp3) is 0.267. The van der Waals surface area contributed by atoms with Gasteiger partial charge in [-0.05, 0) is 84.8 Å². The van der Waals surface area contributed by atoms with Crippen LogP contribution in [0.25, 0.3) is 28.6 Å². The molecule has 1 aliphatic rings. The number of carbonyl (C=O) groups excluding carboxylic acids is 1. The number of para-hydroxylation sites is 1. The largest absolute Gasteiger partial charge is 0.488 e. The molecule has 1 aliphatic heterocycles. The first kappa shape index (κ1) is 41.6. The van der Waals surface area contributed by atoms with Crippen molar-refractivity contribution >= 4 is 75.6 Å². The number of carbonyl (C=O) groups is 2. The normalized spacial score (nSPS) is 13.4. The van der Waals surface area contributed by atoms with Gasteiger partial charge in [0.15, 0.2) is 0 Å². The number of fused-ring (bicyclic) bond motifs is 3. The van der Waals surface area contributed by atoms with E-state index in [0.29, 0.717) is 29.6 Å². The molecule has 4 aromatic carbocycles. The van der Waals surface area contributed by atoms with Gasteiger partial charge in [0.25, 0.3) is 0 Å². The van der Waals surface area contributed by atoms with Gasteiger partial charge in [-0.15, -0.1) is 23.5 Å². The van der Waals surface area contributed by atoms with Gasteiger partial charge < -0.3 is 19.6 Å². The lowest BCUT2D eigenvalue weighted by Gasteiger charge is -2.18. The third kappa shape index (κ3) is 12.8. The van der Waals surface area contributed by atoms with Gasteiger partial charge in [0, 0.05) is 54.5 Å². The number of rotatable bonds is 14. The van der Waals surface area contributed by atoms with Crippen molar-refractivity contribution in [3.8, 4) is 5.75 Å². The van der Waals surface area contributed by atoms with Crippen LogP contribution >= 0.6 is 35.1 Å². The standard InChI is InChI=1S/C26H27ClN2O3S2.C19H21NO/c1-29(2)24(30)12-14-33-26(34-15-13-25(31)32)20-5-3-4-18(16-20)6-10-22-11-8-19-7-9-21(27)17-23(19)28-22;1-20(2)13-7-11-17-16-9-4-3-8-15(16)14-21-19-12-6-5-10-18(17)19/h3-11,16-17,26H,12-15H2,1-2H3,(H,31,32);3-6,8-12H,7,13-14H2,1-2H3/b10-6+;/t26-;/m1./s1. The van der Waals surface area contributed by atoms with Crippen LogP contribution < -0.4 is 4.74 Å². The van der Waals surface area contributed by atoms with E-state index in [1.165, 1.54) is 22.3 Å². The molecule has 1 aromatic heterocycles. The Labute approximate surface area is 338 Å². The molecule has 0 unspecified atom stereocenters. The van der Waals surface area contributed by atoms with E-state index in [-0.39, 0.29) is 16.9 Å². The Morgan fingerprint density at radius 3 is 2.35 bits per heavy atom. The van der Waals surface area contributed by atoms with E-state index in [2.05, 4.69) is 78.6 Å². The molecule has 0 saturated carbocycles. The predicted molar refractivity (Wildman–Crippen MR) is 233 cm³/mol. The highest BCUT2D eigenvalue weighted by Crippen LogP contribution is 2.41. The van der Waals surface area contributed by atoms with Crippen LogP contribution in [0.1, 0.15) is 57.4 Å². The lowest BCUT2D eigenvalue weighted by Crippen LogP contribution is -2.21. The van der Waals surface area contributed by atoms with Crippen LogP contribution in [0.2, 0.25) is 5.02 Å². The van der Waals surface area contributed by atoms with Crippen LogP contribution in [0.3, 0.4) is 0 Å². The Morgan fingerprint density at radius 1 is 0.855 bits per heavy atom. The van der Waals surface area contributed by atoms with E-state index in [4.69, 9.17) is 21.4 Å². The molecule has 5 aromatic rings. The first-order valence-corrected chi connectivity index (χ1v) is 20.7. The molecular weight excluding hydrogens is 746 g/mol. The molecule has 0 bridgehead atoms. The maximum atomic E-state index is 11.9. The van der Waals surface area contributed by atoms with E-state index in [9.17, 15) is 9.59 Å². The quantitative estimate of drug-likeness (QED) is 0.111. The molecule has 0 fully saturated rings. The summed E-state index contributed by atoms with van der Waals surface area (Å²) in [6.45, 7) is 1.69. The Kier molecular flexibility index (Phi) is 15.9. The SMILES string of the molecule is CN(C)C(=O)CCS[C@H](SCCC(=O)O)c1cccc(/C=C/c2ccc3ccc(Cl)cc3n2)c1.CN(C)CCC=C1c2ccccc2COc2ccccc21. The molecule has 55 heavy (non-hydrogen) atoms. The zero-order valence-electron chi connectivity index (χ0n) is 31.8. The van der Waals surface area contributed by atoms with Crippen molar-refractivity contribution in [2.45, 2.75) is 30.5 Å². The zero-order valence-corrected chi connectivity index (χ0v) is 34.2. The number of aliphatic carboxylic acids is 1. The van der Waals surface area contributed by atoms with E-state index in [1.807, 2.05) is 66.7 Å². The first-order chi connectivity index (χ1) is 26.6. The van der Waals surface area contributed by atoms with Gasteiger partial charge in [0.05, 0.1) is 22.2 Å². The minimum absolute atomic E-state index is 0.0450. The molecular formula is C45H48ClN3O4S2. The minimum atomic E-state index is -0.806. The van der Waals surface area contributed by atoms with Crippen LogP contribution in [-0.4, -0.2) is 78.0 Å². The summed E-state index contributed by atoms with van der Waals surface area (Å²) in [5.74, 6) is 1.44. The molecule has 0 saturated heterocycles. The average Bonchev–Trinajstić information content (AvgIpc) is 3.33. The Bertz CT molecular complexity index is 2090. The van der Waals surface area contributed by atoms with Gasteiger partial charge in [-0.2, -0.15) is 0 Å². The number of carboxylic acid groups (broad SMARTS) is 1. The van der Waals surface area contributed by atoms with Crippen molar-refractivity contribution in [2.24, 2.45) is 0 Å². The summed E-state index contributed by atoms with van der Waals surface area (Å²) < 4.78 is 6.03. The molecule has 0 radical (unpaired) electrons. The Morgan fingerprint density at radius 2 is 1.58 bits per heavy atom. The molecule has 1 atom stereocenters. The van der Waals surface area contributed by atoms with Crippen LogP contribution in [0, 0.1) is 0 Å². The minimum Gasteiger partial charge on any atom is -0.488 e. The molecule has 7 nitrogen and oxygen atoms in total. The molecule has 1 N–H and O–H groups in total. The molecule has 0 aliphatic carbocycles. The maximum Gasteiger partial charge on any atom is 0.304 e. The molecule has 1 amide bonds. The second-order valence-electron chi connectivity index (χ2n) is 13.5. The number of aromatic nitrogens is 1. The summed E-state index contributed by atoms with van der Waals surface area (Å²) in [6.07, 6.45) is 7.91. The summed E-state index contributed by atoms with van der Waals surface area (Å²) >= 11 is 9.37. The van der Waals surface area contributed by atoms with E-state index >= 15 is 0 Å². The number of ether oxygens (including phenoxy) is 1. The molecule has 6 rings (SSSR count). The second kappa shape index (κ2) is 20.9. The number of thioether (sulfide) groups is 2. The van der Waals surface area contributed by atoms with Gasteiger partial charge in [0.1, 0.15) is 12.4 Å². The zero-order chi connectivity index (χ0) is 39.2. The smallest absolute Gasteiger partial charge is 0.304 e. The average molecular weight is 794 g/mol. The summed E-state index contributed by atoms with van der Waals surface area (Å²) in [5, 5.41) is 10.7. The fourth-order valence-electron chi connectivity index (χ4n) is 5.87. The van der Waals surface area contributed by atoms with Crippen molar-refractivity contribution in [3.63, 3.8) is 0 Å². The third-order valence-electron chi connectivity index (χ3n) is 8.77. The number of carboxylic acids is 1. The highest BCUT2D eigenvalue weighted by molar-refractivity contribution is 8.16. The highest BCUT2D eigenvalue weighted by Gasteiger charge is 2.18. The van der Waals surface area contributed by atoms with Crippen molar-refractivity contribution in [2.75, 3.05) is 46.2 Å². The Hall–Kier alpha value is -4.54. The van der Waals surface area contributed by atoms with Crippen LogP contribution in [0.5, 0.6) is 5.75 Å². The Balaban J connectivity index is 0.000000235. The summed E-state index contributed by atoms with van der Waals surface area (Å²) in [7, 11) is 7.72. The molecule has 0 spiro atoms. The van der Waals surface area contributed by atoms with Crippen molar-refractivity contribution in [1.82, 2.24) is 14.8 Å². The van der Waals surface area contributed by atoms with Gasteiger partial charge in [-0.3, -0.25) is 9.59 Å². The second-order valence-corrected chi connectivity index (χ2v) is 16.6. The van der Waals surface area contributed by atoms with E-state index in [1.54, 1.807) is 42.5 Å². The van der Waals surface area contributed by atoms with Crippen LogP contribution in [0.4, 0.5) is 0 Å². The van der Waals surface area contributed by atoms with Crippen LogP contribution in [-0.2, 0) is 16.2 Å². The fourth-order valence-corrected chi connectivity index (χ4v) is 8.69. The third-order valence-corrected chi connectivity index (χ3v) is 11.8. The number of nitrogens with zero attached hydrogens (tertiary/aromatic N) is 3. The monoisotopic (exact) mass is 793 g/mol. The van der Waals surface area contributed by atoms with Gasteiger partial charge in [0.2, 0.25) is 5.91 Å². The molecule has 286 valence electrons.